The highest BCUT2D eigenvalue weighted by Crippen LogP contribution is 2.41. The summed E-state index contributed by atoms with van der Waals surface area (Å²) in [6, 6.07) is -5.59. The summed E-state index contributed by atoms with van der Waals surface area (Å²) in [5.41, 5.74) is 0. The van der Waals surface area contributed by atoms with Gasteiger partial charge in [-0.15, -0.1) is 0 Å². The van der Waals surface area contributed by atoms with E-state index in [4.69, 9.17) is 80.5 Å². The van der Waals surface area contributed by atoms with Crippen LogP contribution in [-0.2, 0) is 94.9 Å². The molecule has 9 saturated heterocycles. The van der Waals surface area contributed by atoms with Crippen LogP contribution < -0.4 is 16.0 Å². The van der Waals surface area contributed by atoms with E-state index in [1.165, 1.54) is 6.92 Å². The SMILES string of the molecule is CC(=O)N[C@@H]1[C@@H](O)[C@H](O[C@@H]2O[C@H](CO)[C@@H](O[C@@H]3O[C@H](CO[C@H]4O[C@H](CO)[C@@H](O)[C@H](O)[C@@H]4O)[C@@H](O)[C@H](O[C@H]4O[C@H](CO)[C@@H](O)[C@H](O)[C@@H]4O[C@@H]4O[C@H](CO)[C@@H](O[C@@H]5O[C@H](CO)[C@H](O)[C@H](O[C@H]6O[C@H](CO)[C@H](O)[C@H](O)[C@H]6O)[C@H]5O)[C@H](O[C@@H]5O[C@@H](C)[C@@H](O)[C@@H](O)[C@@H]5O)[C@H]4NC(C)=O)[C@@H]3O)[C@H](O)[C@H]2NC(C)=O)[C@@H](CO)O[C@H]1O. The summed E-state index contributed by atoms with van der Waals surface area (Å²) in [6.07, 6.45) is -87.1. The maximum Gasteiger partial charge on any atom is 0.217 e. The highest BCUT2D eigenvalue weighted by molar-refractivity contribution is 5.74. The van der Waals surface area contributed by atoms with Crippen molar-refractivity contribution in [2.75, 3.05) is 52.9 Å². The maximum atomic E-state index is 13.6. The molecule has 0 bridgehead atoms. The number of carbonyl (C=O) groups excluding carboxylic acids is 3. The van der Waals surface area contributed by atoms with Crippen LogP contribution in [0.2, 0.25) is 0 Å². The van der Waals surface area contributed by atoms with E-state index in [2.05, 4.69) is 16.0 Å². The van der Waals surface area contributed by atoms with Crippen LogP contribution in [0.15, 0.2) is 0 Å². The fourth-order valence-corrected chi connectivity index (χ4v) is 14.0. The van der Waals surface area contributed by atoms with Crippen molar-refractivity contribution in [3.63, 3.8) is 0 Å². The topological polar surface area (TPSA) is 750 Å². The molecule has 626 valence electrons. The van der Waals surface area contributed by atoms with Crippen LogP contribution in [0.3, 0.4) is 0 Å². The molecule has 0 aromatic rings. The number of nitrogens with one attached hydrogen (secondary N) is 3. The summed E-state index contributed by atoms with van der Waals surface area (Å²) >= 11 is 0. The van der Waals surface area contributed by atoms with E-state index in [-0.39, 0.29) is 0 Å². The smallest absolute Gasteiger partial charge is 0.217 e. The van der Waals surface area contributed by atoms with Gasteiger partial charge < -0.3 is 224 Å². The minimum Gasteiger partial charge on any atom is -0.394 e. The van der Waals surface area contributed by atoms with E-state index < -0.39 is 347 Å². The lowest BCUT2D eigenvalue weighted by Gasteiger charge is -2.52. The second-order valence-electron chi connectivity index (χ2n) is 27.4. The van der Waals surface area contributed by atoms with E-state index in [1.54, 1.807) is 0 Å². The van der Waals surface area contributed by atoms with Crippen LogP contribution in [0.1, 0.15) is 27.7 Å². The number of amides is 3. The Bertz CT molecular complexity index is 2820. The van der Waals surface area contributed by atoms with Gasteiger partial charge in [0.15, 0.2) is 56.6 Å². The summed E-state index contributed by atoms with van der Waals surface area (Å²) in [5, 5.41) is 284. The zero-order chi connectivity index (χ0) is 79.5. The molecule has 0 unspecified atom stereocenters. The van der Waals surface area contributed by atoms with E-state index in [0.29, 0.717) is 0 Å². The van der Waals surface area contributed by atoms with Gasteiger partial charge in [-0.3, -0.25) is 14.4 Å². The molecule has 9 rings (SSSR count). The van der Waals surface area contributed by atoms with E-state index in [9.17, 15) is 142 Å². The summed E-state index contributed by atoms with van der Waals surface area (Å²) in [6.45, 7) is -4.60. The first-order valence-corrected chi connectivity index (χ1v) is 34.5. The first-order chi connectivity index (χ1) is 51.1. The van der Waals surface area contributed by atoms with Gasteiger partial charge in [-0.05, 0) is 6.92 Å². The molecule has 0 aliphatic carbocycles. The second-order valence-corrected chi connectivity index (χ2v) is 27.4. The number of carbonyl (C=O) groups is 3. The van der Waals surface area contributed by atoms with Gasteiger partial charge in [-0.1, -0.05) is 0 Å². The first kappa shape index (κ1) is 88.7. The Hall–Kier alpha value is -3.27. The largest absolute Gasteiger partial charge is 0.394 e. The minimum absolute atomic E-state index is 0.772. The van der Waals surface area contributed by atoms with Gasteiger partial charge in [0.25, 0.3) is 0 Å². The van der Waals surface area contributed by atoms with Crippen LogP contribution in [0, 0.1) is 0 Å². The molecule has 9 aliphatic heterocycles. The molecule has 0 radical (unpaired) electrons. The number of hydrogen-bond donors (Lipinski definition) is 28. The molecule has 3 amide bonds. The fourth-order valence-electron chi connectivity index (χ4n) is 14.0. The van der Waals surface area contributed by atoms with Gasteiger partial charge in [-0.2, -0.15) is 0 Å². The maximum absolute atomic E-state index is 13.6. The first-order valence-electron chi connectivity index (χ1n) is 34.5. The molecule has 0 aromatic carbocycles. The molecule has 9 aliphatic rings. The highest BCUT2D eigenvalue weighted by Gasteiger charge is 2.61. The molecule has 0 aromatic heterocycles. The summed E-state index contributed by atoms with van der Waals surface area (Å²) < 4.78 is 101. The molecule has 48 heteroatoms. The van der Waals surface area contributed by atoms with Crippen molar-refractivity contribution < 1.29 is 223 Å². The average Bonchev–Trinajstić information content (AvgIpc) is 0.763. The zero-order valence-corrected chi connectivity index (χ0v) is 58.0. The van der Waals surface area contributed by atoms with Crippen molar-refractivity contribution in [1.29, 1.82) is 0 Å². The van der Waals surface area contributed by atoms with Crippen LogP contribution in [0.25, 0.3) is 0 Å². The zero-order valence-electron chi connectivity index (χ0n) is 58.0. The second kappa shape index (κ2) is 38.5. The average molecular weight is 1580 g/mol. The van der Waals surface area contributed by atoms with E-state index in [0.717, 1.165) is 20.8 Å². The number of rotatable bonds is 27. The Labute approximate surface area is 611 Å². The number of ether oxygens (including phenoxy) is 17. The van der Waals surface area contributed by atoms with Crippen LogP contribution in [-0.4, -0.2) is 474 Å². The van der Waals surface area contributed by atoms with Crippen molar-refractivity contribution in [3.8, 4) is 0 Å². The van der Waals surface area contributed by atoms with E-state index >= 15 is 0 Å². The van der Waals surface area contributed by atoms with Crippen LogP contribution in [0.5, 0.6) is 0 Å². The Morgan fingerprint density at radius 1 is 0.259 bits per heavy atom. The van der Waals surface area contributed by atoms with Crippen LogP contribution in [0.4, 0.5) is 0 Å². The van der Waals surface area contributed by atoms with Gasteiger partial charge in [0.2, 0.25) is 17.7 Å². The Kier molecular flexibility index (Phi) is 31.6. The molecule has 45 atom stereocenters. The van der Waals surface area contributed by atoms with Gasteiger partial charge in [0, 0.05) is 20.8 Å². The van der Waals surface area contributed by atoms with Gasteiger partial charge in [-0.25, -0.2) is 0 Å². The molecule has 48 nitrogen and oxygen atoms in total. The van der Waals surface area contributed by atoms with Crippen molar-refractivity contribution in [2.24, 2.45) is 0 Å². The summed E-state index contributed by atoms with van der Waals surface area (Å²) in [5.74, 6) is -2.72. The predicted molar refractivity (Wildman–Crippen MR) is 330 cm³/mol. The number of aliphatic hydroxyl groups is 25. The Balaban J connectivity index is 1.06. The number of aliphatic hydroxyl groups excluding tert-OH is 25. The van der Waals surface area contributed by atoms with Crippen LogP contribution >= 0.6 is 0 Å². The van der Waals surface area contributed by atoms with Gasteiger partial charge in [0.05, 0.1) is 59.0 Å². The quantitative estimate of drug-likeness (QED) is 0.0363. The molecular weight excluding hydrogens is 1480 g/mol. The standard InChI is InChI=1S/C60H101N3O45/c1-13-28(74)36(82)41(87)56(93-13)105-48-27(63-16(4)73)54(100-23(11-70)47(48)104-58-43(89)49(32(78)20(8-67)97-58)106-57-42(88)38(84)30(76)18(6-65)96-57)108-51-39(85)31(77)19(7-66)98-60(51)107-50-33(79)24(12-92-55-40(86)37(83)29(75)17(5-64)95-55)101-59(44(50)90)103-46-22(10-69)99-53(26(35(46)81)62-15(3)72)102-45-21(9-68)94-52(91)25(34(45)80)61-14(2)71/h13,17-60,64-70,74-91H,5-12H2,1-4H3,(H,61,71)(H,62,72)(H,63,73)/t13-,17+,18+,19+,20+,21+,22+,23+,24+,25+,26+,27+,28+,29+,30-,31+,32-,33+,34+,35+,36+,37-,38-,39-,40-,41-,42+,43+,44-,45+,46+,47+,48+,49-,50-,51-,52+,53-,54-,55-,56-,57+,58-,59-,60+/m0/s1. The third kappa shape index (κ3) is 19.1. The van der Waals surface area contributed by atoms with Gasteiger partial charge in [0.1, 0.15) is 213 Å². The lowest BCUT2D eigenvalue weighted by atomic mass is 9.93. The molecule has 9 heterocycles. The third-order valence-corrected chi connectivity index (χ3v) is 19.9. The normalized spacial score (nSPS) is 50.4. The Morgan fingerprint density at radius 2 is 0.574 bits per heavy atom. The molecule has 0 spiro atoms. The highest BCUT2D eigenvalue weighted by atomic mass is 16.8. The lowest BCUT2D eigenvalue weighted by molar-refractivity contribution is -0.405. The molecule has 0 saturated carbocycles. The van der Waals surface area contributed by atoms with Gasteiger partial charge >= 0.3 is 0 Å². The van der Waals surface area contributed by atoms with Crippen molar-refractivity contribution in [2.45, 2.75) is 304 Å². The van der Waals surface area contributed by atoms with E-state index in [1.807, 2.05) is 0 Å². The third-order valence-electron chi connectivity index (χ3n) is 19.9. The van der Waals surface area contributed by atoms with Crippen molar-refractivity contribution in [3.05, 3.63) is 0 Å². The van der Waals surface area contributed by atoms with Crippen molar-refractivity contribution in [1.82, 2.24) is 16.0 Å². The fraction of sp³-hybridized carbons (Fsp3) is 0.950. The summed E-state index contributed by atoms with van der Waals surface area (Å²) in [7, 11) is 0. The Morgan fingerprint density at radius 3 is 1.08 bits per heavy atom. The predicted octanol–water partition coefficient (Wildman–Crippen LogP) is -19.2. The summed E-state index contributed by atoms with van der Waals surface area (Å²) in [4.78, 5) is 38.5. The number of hydrogen-bond acceptors (Lipinski definition) is 45. The minimum atomic E-state index is -2.53. The monoisotopic (exact) mass is 1580 g/mol. The molecular formula is C60H101N3O45. The molecule has 9 fully saturated rings. The lowest BCUT2D eigenvalue weighted by Crippen LogP contribution is -2.71. The molecule has 28 N–H and O–H groups in total. The molecule has 108 heavy (non-hydrogen) atoms. The van der Waals surface area contributed by atoms with Crippen molar-refractivity contribution >= 4 is 17.7 Å².